The van der Waals surface area contributed by atoms with E-state index in [4.69, 9.17) is 11.6 Å². The van der Waals surface area contributed by atoms with Crippen LogP contribution in [0.25, 0.3) is 10.2 Å². The van der Waals surface area contributed by atoms with Gasteiger partial charge in [-0.05, 0) is 42.3 Å². The van der Waals surface area contributed by atoms with Crippen LogP contribution in [-0.4, -0.2) is 19.5 Å². The van der Waals surface area contributed by atoms with E-state index >= 15 is 0 Å². The summed E-state index contributed by atoms with van der Waals surface area (Å²) in [6.45, 7) is 2.90. The number of thiazole rings is 1. The van der Waals surface area contributed by atoms with Gasteiger partial charge in [-0.15, -0.1) is 0 Å². The first-order valence-corrected chi connectivity index (χ1v) is 11.5. The van der Waals surface area contributed by atoms with Crippen molar-refractivity contribution in [2.45, 2.75) is 37.6 Å². The number of fused-ring (bicyclic) bond motifs is 1. The summed E-state index contributed by atoms with van der Waals surface area (Å²) in [6.07, 6.45) is 2.82. The van der Waals surface area contributed by atoms with E-state index in [1.807, 2.05) is 12.1 Å². The van der Waals surface area contributed by atoms with Crippen LogP contribution in [0, 0.1) is 0 Å². The van der Waals surface area contributed by atoms with Crippen LogP contribution in [-0.2, 0) is 16.6 Å². The Bertz CT molecular complexity index is 1090. The average Bonchev–Trinajstić information content (AvgIpc) is 2.95. The zero-order valence-electron chi connectivity index (χ0n) is 14.9. The second-order valence-electron chi connectivity index (χ2n) is 6.31. The van der Waals surface area contributed by atoms with Crippen molar-refractivity contribution >= 4 is 43.2 Å². The maximum Gasteiger partial charge on any atom is 0.308 e. The van der Waals surface area contributed by atoms with E-state index in [0.717, 1.165) is 41.7 Å². The number of benzene rings is 2. The van der Waals surface area contributed by atoms with Gasteiger partial charge in [0.2, 0.25) is 10.0 Å². The molecule has 2 aromatic carbocycles. The molecule has 0 aliphatic carbocycles. The van der Waals surface area contributed by atoms with Crippen molar-refractivity contribution in [3.05, 3.63) is 62.7 Å². The Hall–Kier alpha value is -1.67. The predicted octanol–water partition coefficient (Wildman–Crippen LogP) is 4.23. The molecule has 1 aromatic heterocycles. The molecule has 27 heavy (non-hydrogen) atoms. The van der Waals surface area contributed by atoms with Gasteiger partial charge in [0, 0.05) is 11.6 Å². The molecule has 0 spiro atoms. The van der Waals surface area contributed by atoms with E-state index < -0.39 is 10.0 Å². The van der Waals surface area contributed by atoms with Crippen molar-refractivity contribution in [2.75, 3.05) is 6.54 Å². The highest BCUT2D eigenvalue weighted by molar-refractivity contribution is 7.89. The Balaban J connectivity index is 1.87. The molecule has 0 saturated heterocycles. The summed E-state index contributed by atoms with van der Waals surface area (Å²) in [5.74, 6) is 0. The fourth-order valence-electron chi connectivity index (χ4n) is 2.80. The quantitative estimate of drug-likeness (QED) is 0.550. The topological polar surface area (TPSA) is 68.2 Å². The Morgan fingerprint density at radius 1 is 1.11 bits per heavy atom. The maximum absolute atomic E-state index is 12.4. The molecule has 1 heterocycles. The van der Waals surface area contributed by atoms with Gasteiger partial charge in [-0.25, -0.2) is 13.1 Å². The second kappa shape index (κ2) is 8.56. The zero-order valence-corrected chi connectivity index (χ0v) is 17.3. The SMILES string of the molecule is CCCCCNS(=O)(=O)c1ccc2c(c1)sc(=O)n2Cc1ccc(Cl)cc1. The van der Waals surface area contributed by atoms with Crippen LogP contribution < -0.4 is 9.60 Å². The number of nitrogens with one attached hydrogen (secondary N) is 1. The smallest absolute Gasteiger partial charge is 0.294 e. The lowest BCUT2D eigenvalue weighted by Crippen LogP contribution is -2.24. The van der Waals surface area contributed by atoms with Crippen LogP contribution in [0.1, 0.15) is 31.7 Å². The minimum absolute atomic E-state index is 0.120. The number of hydrogen-bond donors (Lipinski definition) is 1. The molecule has 0 unspecified atom stereocenters. The number of unbranched alkanes of at least 4 members (excludes halogenated alkanes) is 2. The number of nitrogens with zero attached hydrogens (tertiary/aromatic N) is 1. The predicted molar refractivity (Wildman–Crippen MR) is 111 cm³/mol. The lowest BCUT2D eigenvalue weighted by atomic mass is 10.2. The number of aromatic nitrogens is 1. The van der Waals surface area contributed by atoms with E-state index in [0.29, 0.717) is 22.8 Å². The van der Waals surface area contributed by atoms with Crippen molar-refractivity contribution in [1.29, 1.82) is 0 Å². The number of halogens is 1. The normalized spacial score (nSPS) is 11.9. The van der Waals surface area contributed by atoms with Crippen molar-refractivity contribution in [1.82, 2.24) is 9.29 Å². The molecule has 3 rings (SSSR count). The van der Waals surface area contributed by atoms with Crippen LogP contribution in [0.5, 0.6) is 0 Å². The van der Waals surface area contributed by atoms with E-state index in [1.54, 1.807) is 34.9 Å². The van der Waals surface area contributed by atoms with E-state index in [2.05, 4.69) is 11.6 Å². The Labute approximate surface area is 167 Å². The van der Waals surface area contributed by atoms with Crippen molar-refractivity contribution in [3.63, 3.8) is 0 Å². The van der Waals surface area contributed by atoms with E-state index in [-0.39, 0.29) is 9.77 Å². The minimum atomic E-state index is -3.57. The standard InChI is InChI=1S/C19H21ClN2O3S2/c1-2-3-4-11-21-27(24,25)16-9-10-17-18(12-16)26-19(23)22(17)13-14-5-7-15(20)8-6-14/h5-10,12,21H,2-4,11,13H2,1H3. The van der Waals surface area contributed by atoms with Crippen LogP contribution in [0.4, 0.5) is 0 Å². The number of sulfonamides is 1. The molecule has 3 aromatic rings. The van der Waals surface area contributed by atoms with Crippen LogP contribution in [0.15, 0.2) is 52.2 Å². The molecule has 0 bridgehead atoms. The zero-order chi connectivity index (χ0) is 19.4. The van der Waals surface area contributed by atoms with E-state index in [9.17, 15) is 13.2 Å². The first-order valence-electron chi connectivity index (χ1n) is 8.78. The Morgan fingerprint density at radius 2 is 1.85 bits per heavy atom. The molecule has 0 atom stereocenters. The third-order valence-electron chi connectivity index (χ3n) is 4.28. The lowest BCUT2D eigenvalue weighted by molar-refractivity contribution is 0.576. The van der Waals surface area contributed by atoms with E-state index in [1.165, 1.54) is 0 Å². The summed E-state index contributed by atoms with van der Waals surface area (Å²) < 4.78 is 29.8. The van der Waals surface area contributed by atoms with Crippen molar-refractivity contribution in [2.24, 2.45) is 0 Å². The fraction of sp³-hybridized carbons (Fsp3) is 0.316. The first kappa shape index (κ1) is 20.1. The fourth-order valence-corrected chi connectivity index (χ4v) is 5.03. The van der Waals surface area contributed by atoms with Gasteiger partial charge < -0.3 is 0 Å². The Kier molecular flexibility index (Phi) is 6.37. The molecule has 0 amide bonds. The molecule has 1 N–H and O–H groups in total. The van der Waals surface area contributed by atoms with Gasteiger partial charge >= 0.3 is 4.87 Å². The van der Waals surface area contributed by atoms with Gasteiger partial charge in [0.25, 0.3) is 0 Å². The van der Waals surface area contributed by atoms with Gasteiger partial charge in [-0.1, -0.05) is 54.8 Å². The molecule has 0 radical (unpaired) electrons. The van der Waals surface area contributed by atoms with Gasteiger partial charge in [0.05, 0.1) is 21.7 Å². The molecule has 5 nitrogen and oxygen atoms in total. The Morgan fingerprint density at radius 3 is 2.56 bits per heavy atom. The summed E-state index contributed by atoms with van der Waals surface area (Å²) in [6, 6.07) is 12.1. The molecule has 0 aliphatic heterocycles. The summed E-state index contributed by atoms with van der Waals surface area (Å²) in [7, 11) is -3.57. The van der Waals surface area contributed by atoms with Crippen molar-refractivity contribution in [3.8, 4) is 0 Å². The third-order valence-corrected chi connectivity index (χ3v) is 6.93. The monoisotopic (exact) mass is 424 g/mol. The highest BCUT2D eigenvalue weighted by atomic mass is 35.5. The molecule has 0 saturated carbocycles. The molecular weight excluding hydrogens is 404 g/mol. The van der Waals surface area contributed by atoms with Crippen LogP contribution >= 0.6 is 22.9 Å². The van der Waals surface area contributed by atoms with Gasteiger partial charge in [-0.3, -0.25) is 9.36 Å². The van der Waals surface area contributed by atoms with Crippen molar-refractivity contribution < 1.29 is 8.42 Å². The minimum Gasteiger partial charge on any atom is -0.294 e. The molecule has 144 valence electrons. The highest BCUT2D eigenvalue weighted by Gasteiger charge is 2.16. The van der Waals surface area contributed by atoms with Crippen LogP contribution in [0.3, 0.4) is 0 Å². The largest absolute Gasteiger partial charge is 0.308 e. The average molecular weight is 425 g/mol. The van der Waals surface area contributed by atoms with Gasteiger partial charge in [-0.2, -0.15) is 0 Å². The highest BCUT2D eigenvalue weighted by Crippen LogP contribution is 2.23. The molecular formula is C19H21ClN2O3S2. The molecule has 0 fully saturated rings. The first-order chi connectivity index (χ1) is 12.9. The summed E-state index contributed by atoms with van der Waals surface area (Å²) in [4.78, 5) is 12.5. The summed E-state index contributed by atoms with van der Waals surface area (Å²) in [5.41, 5.74) is 1.68. The summed E-state index contributed by atoms with van der Waals surface area (Å²) >= 11 is 6.96. The second-order valence-corrected chi connectivity index (χ2v) is 9.51. The molecule has 8 heteroatoms. The van der Waals surface area contributed by atoms with Crippen LogP contribution in [0.2, 0.25) is 5.02 Å². The number of rotatable bonds is 8. The van der Waals surface area contributed by atoms with Gasteiger partial charge in [0.15, 0.2) is 0 Å². The number of hydrogen-bond acceptors (Lipinski definition) is 4. The third kappa shape index (κ3) is 4.79. The van der Waals surface area contributed by atoms with Gasteiger partial charge in [0.1, 0.15) is 0 Å². The lowest BCUT2D eigenvalue weighted by Gasteiger charge is -2.08. The maximum atomic E-state index is 12.4. The summed E-state index contributed by atoms with van der Waals surface area (Å²) in [5, 5.41) is 0.641. The molecule has 0 aliphatic rings.